The molecule has 2 aromatic heterocycles. The molecule has 4 aromatic rings. The molecule has 0 aliphatic carbocycles. The first-order valence-corrected chi connectivity index (χ1v) is 9.62. The van der Waals surface area contributed by atoms with Gasteiger partial charge in [-0.15, -0.1) is 0 Å². The number of fused-ring (bicyclic) bond motifs is 2. The van der Waals surface area contributed by atoms with Crippen molar-refractivity contribution in [2.24, 2.45) is 7.05 Å². The highest BCUT2D eigenvalue weighted by atomic mass is 16.6. The van der Waals surface area contributed by atoms with Crippen molar-refractivity contribution >= 4 is 17.0 Å². The number of aromatic nitrogens is 3. The van der Waals surface area contributed by atoms with Crippen LogP contribution in [0, 0.1) is 6.92 Å². The van der Waals surface area contributed by atoms with Gasteiger partial charge < -0.3 is 14.2 Å². The number of rotatable bonds is 3. The van der Waals surface area contributed by atoms with E-state index in [1.807, 2.05) is 44.3 Å². The Kier molecular flexibility index (Phi) is 4.35. The molecular weight excluding hydrogens is 382 g/mol. The summed E-state index contributed by atoms with van der Waals surface area (Å²) in [6.45, 7) is 2.82. The van der Waals surface area contributed by atoms with Gasteiger partial charge in [-0.2, -0.15) is 5.10 Å². The molecule has 0 amide bonds. The van der Waals surface area contributed by atoms with Crippen molar-refractivity contribution < 1.29 is 19.0 Å². The highest BCUT2D eigenvalue weighted by molar-refractivity contribution is 6.05. The summed E-state index contributed by atoms with van der Waals surface area (Å²) in [5.41, 5.74) is 3.35. The van der Waals surface area contributed by atoms with Gasteiger partial charge in [0.2, 0.25) is 0 Å². The van der Waals surface area contributed by atoms with Crippen LogP contribution in [0.25, 0.3) is 22.3 Å². The summed E-state index contributed by atoms with van der Waals surface area (Å²) in [5, 5.41) is 5.12. The molecule has 0 saturated heterocycles. The van der Waals surface area contributed by atoms with Crippen molar-refractivity contribution in [2.45, 2.75) is 6.92 Å². The van der Waals surface area contributed by atoms with Crippen LogP contribution < -0.4 is 14.2 Å². The topological polar surface area (TPSA) is 75.5 Å². The fourth-order valence-corrected chi connectivity index (χ4v) is 3.61. The summed E-state index contributed by atoms with van der Waals surface area (Å²) < 4.78 is 18.5. The molecular formula is C23H19N3O4. The smallest absolute Gasteiger partial charge is 0.344 e. The zero-order valence-electron chi connectivity index (χ0n) is 16.6. The number of benzene rings is 2. The summed E-state index contributed by atoms with van der Waals surface area (Å²) >= 11 is 0. The minimum atomic E-state index is -0.479. The van der Waals surface area contributed by atoms with Crippen LogP contribution >= 0.6 is 0 Å². The molecule has 0 fully saturated rings. The third-order valence-corrected chi connectivity index (χ3v) is 4.98. The number of esters is 1. The van der Waals surface area contributed by atoms with Crippen molar-refractivity contribution in [3.05, 3.63) is 65.9 Å². The lowest BCUT2D eigenvalue weighted by Gasteiger charge is -2.18. The number of hydrogen-bond donors (Lipinski definition) is 0. The molecule has 5 rings (SSSR count). The SMILES string of the molecule is Cc1nn(C)c2nc(-c3ccccc3)cc(C(=O)Oc3ccc4c(c3)OCCO4)c12. The number of carbonyl (C=O) groups excluding carboxylic acids is 1. The average molecular weight is 401 g/mol. The number of hydrogen-bond acceptors (Lipinski definition) is 6. The van der Waals surface area contributed by atoms with Gasteiger partial charge in [-0.05, 0) is 25.1 Å². The maximum absolute atomic E-state index is 13.2. The van der Waals surface area contributed by atoms with Gasteiger partial charge in [0.05, 0.1) is 22.3 Å². The summed E-state index contributed by atoms with van der Waals surface area (Å²) in [6, 6.07) is 16.6. The van der Waals surface area contributed by atoms with Crippen molar-refractivity contribution in [3.8, 4) is 28.5 Å². The van der Waals surface area contributed by atoms with Crippen LogP contribution in [0.1, 0.15) is 16.1 Å². The molecule has 0 atom stereocenters. The zero-order valence-corrected chi connectivity index (χ0v) is 16.6. The number of nitrogens with zero attached hydrogens (tertiary/aromatic N) is 3. The Morgan fingerprint density at radius 3 is 2.60 bits per heavy atom. The van der Waals surface area contributed by atoms with Gasteiger partial charge in [0.25, 0.3) is 0 Å². The van der Waals surface area contributed by atoms with E-state index in [0.29, 0.717) is 58.4 Å². The van der Waals surface area contributed by atoms with Gasteiger partial charge in [-0.3, -0.25) is 4.68 Å². The third kappa shape index (κ3) is 3.14. The Balaban J connectivity index is 1.58. The second-order valence-corrected chi connectivity index (χ2v) is 7.02. The first-order chi connectivity index (χ1) is 14.6. The van der Waals surface area contributed by atoms with E-state index in [1.165, 1.54) is 0 Å². The minimum absolute atomic E-state index is 0.386. The molecule has 0 N–H and O–H groups in total. The minimum Gasteiger partial charge on any atom is -0.486 e. The van der Waals surface area contributed by atoms with Gasteiger partial charge in [0.15, 0.2) is 17.1 Å². The number of pyridine rings is 1. The van der Waals surface area contributed by atoms with Crippen molar-refractivity contribution in [3.63, 3.8) is 0 Å². The highest BCUT2D eigenvalue weighted by Gasteiger charge is 2.22. The third-order valence-electron chi connectivity index (χ3n) is 4.98. The van der Waals surface area contributed by atoms with Crippen molar-refractivity contribution in [1.82, 2.24) is 14.8 Å². The highest BCUT2D eigenvalue weighted by Crippen LogP contribution is 2.34. The van der Waals surface area contributed by atoms with Crippen LogP contribution in [0.15, 0.2) is 54.6 Å². The number of ether oxygens (including phenoxy) is 3. The molecule has 1 aliphatic rings. The van der Waals surface area contributed by atoms with E-state index in [9.17, 15) is 4.79 Å². The van der Waals surface area contributed by atoms with Crippen molar-refractivity contribution in [2.75, 3.05) is 13.2 Å². The Morgan fingerprint density at radius 1 is 1.03 bits per heavy atom. The van der Waals surface area contributed by atoms with E-state index in [0.717, 1.165) is 5.56 Å². The summed E-state index contributed by atoms with van der Waals surface area (Å²) in [7, 11) is 1.81. The molecule has 7 heteroatoms. The van der Waals surface area contributed by atoms with Crippen LogP contribution in [-0.2, 0) is 7.05 Å². The van der Waals surface area contributed by atoms with E-state index in [1.54, 1.807) is 28.9 Å². The van der Waals surface area contributed by atoms with Gasteiger partial charge in [-0.25, -0.2) is 9.78 Å². The molecule has 0 spiro atoms. The number of aryl methyl sites for hydroxylation is 2. The Bertz CT molecular complexity index is 1260. The van der Waals surface area contributed by atoms with Gasteiger partial charge >= 0.3 is 5.97 Å². The Labute approximate surface area is 172 Å². The average Bonchev–Trinajstić information content (AvgIpc) is 3.07. The molecule has 30 heavy (non-hydrogen) atoms. The Morgan fingerprint density at radius 2 is 1.80 bits per heavy atom. The quantitative estimate of drug-likeness (QED) is 0.382. The summed E-state index contributed by atoms with van der Waals surface area (Å²) in [6.07, 6.45) is 0. The van der Waals surface area contributed by atoms with E-state index >= 15 is 0 Å². The summed E-state index contributed by atoms with van der Waals surface area (Å²) in [4.78, 5) is 17.9. The molecule has 0 bridgehead atoms. The maximum atomic E-state index is 13.2. The second kappa shape index (κ2) is 7.18. The lowest BCUT2D eigenvalue weighted by molar-refractivity contribution is 0.0735. The van der Waals surface area contributed by atoms with E-state index in [2.05, 4.69) is 5.10 Å². The van der Waals surface area contributed by atoms with Gasteiger partial charge in [-0.1, -0.05) is 30.3 Å². The standard InChI is InChI=1S/C23H19N3O4/c1-14-21-17(23(27)30-16-8-9-19-20(12-16)29-11-10-28-19)13-18(15-6-4-3-5-7-15)24-22(21)26(2)25-14/h3-9,12-13H,10-11H2,1-2H3. The van der Waals surface area contributed by atoms with Crippen LogP contribution in [-0.4, -0.2) is 33.9 Å². The molecule has 1 aliphatic heterocycles. The second-order valence-electron chi connectivity index (χ2n) is 7.02. The molecule has 0 radical (unpaired) electrons. The van der Waals surface area contributed by atoms with Crippen LogP contribution in [0.2, 0.25) is 0 Å². The van der Waals surface area contributed by atoms with Gasteiger partial charge in [0, 0.05) is 18.7 Å². The molecule has 150 valence electrons. The first-order valence-electron chi connectivity index (χ1n) is 9.62. The van der Waals surface area contributed by atoms with Crippen LogP contribution in [0.5, 0.6) is 17.2 Å². The predicted molar refractivity (Wildman–Crippen MR) is 111 cm³/mol. The predicted octanol–water partition coefficient (Wildman–Crippen LogP) is 3.93. The number of carbonyl (C=O) groups is 1. The normalized spacial score (nSPS) is 12.7. The van der Waals surface area contributed by atoms with E-state index in [4.69, 9.17) is 19.2 Å². The van der Waals surface area contributed by atoms with Crippen molar-refractivity contribution in [1.29, 1.82) is 0 Å². The van der Waals surface area contributed by atoms with E-state index < -0.39 is 5.97 Å². The summed E-state index contributed by atoms with van der Waals surface area (Å²) in [5.74, 6) is 1.11. The van der Waals surface area contributed by atoms with Crippen LogP contribution in [0.4, 0.5) is 0 Å². The molecule has 2 aromatic carbocycles. The lowest BCUT2D eigenvalue weighted by Crippen LogP contribution is -2.16. The van der Waals surface area contributed by atoms with E-state index in [-0.39, 0.29) is 0 Å². The zero-order chi connectivity index (χ0) is 20.7. The monoisotopic (exact) mass is 401 g/mol. The Hall–Kier alpha value is -3.87. The fraction of sp³-hybridized carbons (Fsp3) is 0.174. The van der Waals surface area contributed by atoms with Gasteiger partial charge in [0.1, 0.15) is 19.0 Å². The first kappa shape index (κ1) is 18.2. The van der Waals surface area contributed by atoms with Crippen LogP contribution in [0.3, 0.4) is 0 Å². The fourth-order valence-electron chi connectivity index (χ4n) is 3.61. The maximum Gasteiger partial charge on any atom is 0.344 e. The molecule has 0 unspecified atom stereocenters. The lowest BCUT2D eigenvalue weighted by atomic mass is 10.1. The largest absolute Gasteiger partial charge is 0.486 e. The molecule has 7 nitrogen and oxygen atoms in total. The molecule has 3 heterocycles. The molecule has 0 saturated carbocycles.